The Hall–Kier alpha value is 0.154. The normalized spacial score (nSPS) is 30.2. The molecule has 1 amide bonds. The van der Waals surface area contributed by atoms with E-state index in [1.165, 1.54) is 0 Å². The van der Waals surface area contributed by atoms with Crippen LogP contribution in [-0.2, 0) is 14.0 Å². The molecule has 0 aromatic carbocycles. The highest BCUT2D eigenvalue weighted by molar-refractivity contribution is 14.1. The first-order chi connectivity index (χ1) is 11.4. The minimum Gasteiger partial charge on any atom is -0.519 e. The average Bonchev–Trinajstić information content (AvgIpc) is 2.42. The van der Waals surface area contributed by atoms with Crippen LogP contribution in [0.5, 0.6) is 0 Å². The summed E-state index contributed by atoms with van der Waals surface area (Å²) in [5.41, 5.74) is -0.816. The van der Waals surface area contributed by atoms with Crippen molar-refractivity contribution in [3.05, 3.63) is 12.2 Å². The summed E-state index contributed by atoms with van der Waals surface area (Å²) in [7, 11) is -3.66. The standard InChI is InChI=1S/C16H29IN2O3SSi2/c1-24(2,3)18-14-16(8-7-9-17,15(21)22-25(4,5)6)11-19-12(20)10-13(19)23-14/h7-8,13-14,18H,9-11H2,1-6H3/t13-,14?,16?/m1/s1. The molecule has 0 spiro atoms. The number of nitrogens with one attached hydrogen (secondary N) is 1. The highest BCUT2D eigenvalue weighted by Crippen LogP contribution is 2.48. The van der Waals surface area contributed by atoms with Gasteiger partial charge in [0.05, 0.1) is 17.2 Å². The number of hydrogen-bond acceptors (Lipinski definition) is 5. The van der Waals surface area contributed by atoms with Gasteiger partial charge in [0.25, 0.3) is 0 Å². The highest BCUT2D eigenvalue weighted by Gasteiger charge is 2.57. The molecule has 2 unspecified atom stereocenters. The van der Waals surface area contributed by atoms with Gasteiger partial charge in [0.15, 0.2) is 0 Å². The molecule has 0 aromatic heterocycles. The molecule has 1 N–H and O–H groups in total. The third-order valence-electron chi connectivity index (χ3n) is 4.06. The van der Waals surface area contributed by atoms with Crippen molar-refractivity contribution in [2.24, 2.45) is 5.41 Å². The van der Waals surface area contributed by atoms with E-state index in [4.69, 9.17) is 4.43 Å². The van der Waals surface area contributed by atoms with E-state index >= 15 is 0 Å². The summed E-state index contributed by atoms with van der Waals surface area (Å²) in [6.45, 7) is 13.2. The number of amides is 1. The number of alkyl halides is 1. The topological polar surface area (TPSA) is 58.6 Å². The van der Waals surface area contributed by atoms with Gasteiger partial charge in [-0.3, -0.25) is 9.59 Å². The Kier molecular flexibility index (Phi) is 6.56. The first-order valence-electron chi connectivity index (χ1n) is 8.58. The number of allylic oxidation sites excluding steroid dienone is 1. The van der Waals surface area contributed by atoms with Gasteiger partial charge in [-0.1, -0.05) is 54.4 Å². The summed E-state index contributed by atoms with van der Waals surface area (Å²) in [5.74, 6) is -0.0498. The highest BCUT2D eigenvalue weighted by atomic mass is 127. The van der Waals surface area contributed by atoms with Gasteiger partial charge >= 0.3 is 5.97 Å². The van der Waals surface area contributed by atoms with E-state index in [9.17, 15) is 9.59 Å². The first kappa shape index (κ1) is 21.5. The third-order valence-corrected chi connectivity index (χ3v) is 8.27. The molecule has 142 valence electrons. The maximum atomic E-state index is 13.3. The minimum absolute atomic E-state index is 0.0587. The molecule has 5 nitrogen and oxygen atoms in total. The van der Waals surface area contributed by atoms with Crippen LogP contribution in [0.1, 0.15) is 6.42 Å². The number of fused-ring (bicyclic) bond motifs is 1. The number of halogens is 1. The molecule has 3 atom stereocenters. The summed E-state index contributed by atoms with van der Waals surface area (Å²) in [5, 5.41) is 0.124. The molecule has 0 radical (unpaired) electrons. The number of carbonyl (C=O) groups is 2. The van der Waals surface area contributed by atoms with Crippen molar-refractivity contribution < 1.29 is 14.0 Å². The van der Waals surface area contributed by atoms with Crippen LogP contribution in [0.3, 0.4) is 0 Å². The summed E-state index contributed by atoms with van der Waals surface area (Å²) in [6.07, 6.45) is 4.59. The van der Waals surface area contributed by atoms with Crippen LogP contribution in [0, 0.1) is 5.41 Å². The Morgan fingerprint density at radius 3 is 2.52 bits per heavy atom. The smallest absolute Gasteiger partial charge is 0.306 e. The second-order valence-electron chi connectivity index (χ2n) is 8.69. The van der Waals surface area contributed by atoms with Crippen LogP contribution in [0.4, 0.5) is 0 Å². The fraction of sp³-hybridized carbons (Fsp3) is 0.750. The molecule has 0 bridgehead atoms. The van der Waals surface area contributed by atoms with E-state index in [1.54, 1.807) is 11.8 Å². The molecular formula is C16H29IN2O3SSi2. The predicted molar refractivity (Wildman–Crippen MR) is 118 cm³/mol. The average molecular weight is 513 g/mol. The Morgan fingerprint density at radius 1 is 1.40 bits per heavy atom. The van der Waals surface area contributed by atoms with Gasteiger partial charge in [-0.15, -0.1) is 11.8 Å². The summed E-state index contributed by atoms with van der Waals surface area (Å²) in [6, 6.07) is 0. The van der Waals surface area contributed by atoms with E-state index in [0.29, 0.717) is 13.0 Å². The summed E-state index contributed by atoms with van der Waals surface area (Å²) >= 11 is 3.99. The molecule has 2 aliphatic heterocycles. The fourth-order valence-corrected chi connectivity index (χ4v) is 7.71. The molecule has 2 rings (SSSR count). The predicted octanol–water partition coefficient (Wildman–Crippen LogP) is 3.40. The third kappa shape index (κ3) is 5.11. The van der Waals surface area contributed by atoms with Crippen LogP contribution in [0.15, 0.2) is 12.2 Å². The number of hydrogen-bond donors (Lipinski definition) is 1. The van der Waals surface area contributed by atoms with Crippen molar-refractivity contribution in [3.8, 4) is 0 Å². The largest absolute Gasteiger partial charge is 0.519 e. The van der Waals surface area contributed by atoms with Crippen molar-refractivity contribution in [2.45, 2.75) is 56.5 Å². The molecule has 25 heavy (non-hydrogen) atoms. The Labute approximate surface area is 171 Å². The maximum absolute atomic E-state index is 13.3. The van der Waals surface area contributed by atoms with E-state index in [1.807, 2.05) is 36.7 Å². The van der Waals surface area contributed by atoms with E-state index in [2.05, 4.69) is 47.2 Å². The lowest BCUT2D eigenvalue weighted by Crippen LogP contribution is -2.69. The monoisotopic (exact) mass is 512 g/mol. The number of nitrogens with zero attached hydrogens (tertiary/aromatic N) is 1. The zero-order chi connectivity index (χ0) is 19.0. The van der Waals surface area contributed by atoms with E-state index in [0.717, 1.165) is 4.43 Å². The van der Waals surface area contributed by atoms with Crippen LogP contribution in [0.25, 0.3) is 0 Å². The quantitative estimate of drug-likeness (QED) is 0.194. The van der Waals surface area contributed by atoms with Gasteiger partial charge in [-0.25, -0.2) is 0 Å². The fourth-order valence-electron chi connectivity index (χ4n) is 2.94. The zero-order valence-corrected chi connectivity index (χ0v) is 20.9. The summed E-state index contributed by atoms with van der Waals surface area (Å²) in [4.78, 5) is 31.0. The van der Waals surface area contributed by atoms with Crippen LogP contribution in [-0.4, -0.2) is 55.0 Å². The molecule has 2 saturated heterocycles. The second kappa shape index (κ2) is 7.65. The molecule has 2 fully saturated rings. The summed E-state index contributed by atoms with van der Waals surface area (Å²) < 4.78 is 6.76. The van der Waals surface area contributed by atoms with E-state index in [-0.39, 0.29) is 22.6 Å². The molecule has 2 aliphatic rings. The minimum atomic E-state index is -2.03. The maximum Gasteiger partial charge on any atom is 0.306 e. The second-order valence-corrected chi connectivity index (χ2v) is 20.1. The lowest BCUT2D eigenvalue weighted by atomic mass is 9.85. The molecular weight excluding hydrogens is 483 g/mol. The number of β-lactam (4-membered cyclic amide) rings is 1. The Morgan fingerprint density at radius 2 is 2.04 bits per heavy atom. The first-order valence-corrected chi connectivity index (χ1v) is 18.0. The number of rotatable bonds is 6. The van der Waals surface area contributed by atoms with Gasteiger partial charge in [-0.2, -0.15) is 0 Å². The van der Waals surface area contributed by atoms with Gasteiger partial charge in [-0.05, 0) is 19.6 Å². The van der Waals surface area contributed by atoms with E-state index < -0.39 is 22.0 Å². The van der Waals surface area contributed by atoms with Crippen LogP contribution in [0.2, 0.25) is 39.3 Å². The molecule has 2 heterocycles. The Balaban J connectivity index is 2.42. The van der Waals surface area contributed by atoms with Crippen molar-refractivity contribution in [1.29, 1.82) is 0 Å². The molecule has 0 aliphatic carbocycles. The van der Waals surface area contributed by atoms with Crippen molar-refractivity contribution >= 4 is 62.8 Å². The number of thioether (sulfide) groups is 1. The SMILES string of the molecule is C[Si](C)(C)NC1S[C@@H]2CC(=O)N2CC1(C=CCI)C(=O)O[Si](C)(C)C. The van der Waals surface area contributed by atoms with Crippen molar-refractivity contribution in [2.75, 3.05) is 11.0 Å². The Bertz CT molecular complexity index is 577. The van der Waals surface area contributed by atoms with Crippen molar-refractivity contribution in [3.63, 3.8) is 0 Å². The van der Waals surface area contributed by atoms with Gasteiger partial charge in [0.2, 0.25) is 14.2 Å². The molecule has 0 saturated carbocycles. The van der Waals surface area contributed by atoms with Crippen LogP contribution >= 0.6 is 34.4 Å². The van der Waals surface area contributed by atoms with Gasteiger partial charge in [0, 0.05) is 11.0 Å². The zero-order valence-electron chi connectivity index (χ0n) is 15.9. The molecule has 0 aromatic rings. The van der Waals surface area contributed by atoms with Crippen LogP contribution < -0.4 is 4.98 Å². The van der Waals surface area contributed by atoms with Gasteiger partial charge < -0.3 is 14.3 Å². The van der Waals surface area contributed by atoms with Crippen molar-refractivity contribution in [1.82, 2.24) is 9.88 Å². The lowest BCUT2D eigenvalue weighted by Gasteiger charge is -2.54. The molecule has 9 heteroatoms. The lowest BCUT2D eigenvalue weighted by molar-refractivity contribution is -0.152. The number of carbonyl (C=O) groups excluding carboxylic acids is 2. The van der Waals surface area contributed by atoms with Gasteiger partial charge in [0.1, 0.15) is 13.7 Å².